The number of benzene rings is 1. The number of nitrogens with zero attached hydrogens (tertiary/aromatic N) is 1. The number of alkyl halides is 1. The molecule has 0 aliphatic heterocycles. The molecule has 0 saturated heterocycles. The van der Waals surface area contributed by atoms with Gasteiger partial charge in [0.2, 0.25) is 10.0 Å². The summed E-state index contributed by atoms with van der Waals surface area (Å²) in [6.07, 6.45) is 0. The van der Waals surface area contributed by atoms with E-state index in [2.05, 4.69) is 0 Å². The van der Waals surface area contributed by atoms with Crippen LogP contribution < -0.4 is 0 Å². The van der Waals surface area contributed by atoms with Gasteiger partial charge in [0.1, 0.15) is 0 Å². The standard InChI is InChI=1S/C16H26ClNO2S/c1-11(2)10-18(12(3)4)21(19,20)16-8-15(9-17)13(5)7-14(16)6/h7-8,11-12H,9-10H2,1-6H3. The van der Waals surface area contributed by atoms with Crippen LogP contribution in [0.5, 0.6) is 0 Å². The van der Waals surface area contributed by atoms with Crippen LogP contribution in [0.15, 0.2) is 17.0 Å². The van der Waals surface area contributed by atoms with Gasteiger partial charge in [-0.05, 0) is 56.4 Å². The minimum Gasteiger partial charge on any atom is -0.207 e. The number of aryl methyl sites for hydroxylation is 2. The maximum absolute atomic E-state index is 13.0. The summed E-state index contributed by atoms with van der Waals surface area (Å²) in [5, 5.41) is 0. The first-order valence-corrected chi connectivity index (χ1v) is 9.26. The van der Waals surface area contributed by atoms with Crippen LogP contribution in [0.25, 0.3) is 0 Å². The van der Waals surface area contributed by atoms with Crippen molar-refractivity contribution in [2.24, 2.45) is 5.92 Å². The average molecular weight is 332 g/mol. The molecule has 0 aliphatic rings. The zero-order chi connectivity index (χ0) is 16.4. The minimum atomic E-state index is -3.50. The third-order valence-electron chi connectivity index (χ3n) is 3.49. The van der Waals surface area contributed by atoms with E-state index in [9.17, 15) is 8.42 Å². The smallest absolute Gasteiger partial charge is 0.207 e. The van der Waals surface area contributed by atoms with Crippen LogP contribution in [0.2, 0.25) is 0 Å². The van der Waals surface area contributed by atoms with Gasteiger partial charge < -0.3 is 0 Å². The molecule has 1 aromatic carbocycles. The Morgan fingerprint density at radius 2 is 1.67 bits per heavy atom. The van der Waals surface area contributed by atoms with Gasteiger partial charge >= 0.3 is 0 Å². The molecule has 0 radical (unpaired) electrons. The van der Waals surface area contributed by atoms with Crippen molar-refractivity contribution < 1.29 is 8.42 Å². The molecule has 21 heavy (non-hydrogen) atoms. The highest BCUT2D eigenvalue weighted by atomic mass is 35.5. The lowest BCUT2D eigenvalue weighted by molar-refractivity contribution is 0.318. The van der Waals surface area contributed by atoms with Gasteiger partial charge in [-0.25, -0.2) is 8.42 Å². The molecule has 0 heterocycles. The highest BCUT2D eigenvalue weighted by molar-refractivity contribution is 7.89. The number of hydrogen-bond acceptors (Lipinski definition) is 2. The minimum absolute atomic E-state index is 0.0717. The molecule has 0 amide bonds. The Morgan fingerprint density at radius 1 is 1.10 bits per heavy atom. The monoisotopic (exact) mass is 331 g/mol. The molecule has 1 aromatic rings. The van der Waals surface area contributed by atoms with E-state index >= 15 is 0 Å². The van der Waals surface area contributed by atoms with Crippen molar-refractivity contribution in [3.8, 4) is 0 Å². The van der Waals surface area contributed by atoms with Crippen LogP contribution in [-0.2, 0) is 15.9 Å². The van der Waals surface area contributed by atoms with Crippen molar-refractivity contribution in [1.29, 1.82) is 0 Å². The summed E-state index contributed by atoms with van der Waals surface area (Å²) in [5.41, 5.74) is 2.67. The second kappa shape index (κ2) is 7.12. The zero-order valence-corrected chi connectivity index (χ0v) is 15.3. The molecule has 0 fully saturated rings. The third-order valence-corrected chi connectivity index (χ3v) is 5.96. The lowest BCUT2D eigenvalue weighted by Crippen LogP contribution is -2.39. The molecule has 3 nitrogen and oxygen atoms in total. The maximum Gasteiger partial charge on any atom is 0.243 e. The van der Waals surface area contributed by atoms with Crippen LogP contribution in [0, 0.1) is 19.8 Å². The van der Waals surface area contributed by atoms with Gasteiger partial charge in [0.15, 0.2) is 0 Å². The molecule has 0 saturated carbocycles. The predicted octanol–water partition coefficient (Wildman–Crippen LogP) is 4.10. The van der Waals surface area contributed by atoms with Crippen LogP contribution in [0.3, 0.4) is 0 Å². The van der Waals surface area contributed by atoms with Crippen molar-refractivity contribution in [2.45, 2.75) is 58.4 Å². The van der Waals surface area contributed by atoms with Gasteiger partial charge in [-0.2, -0.15) is 4.31 Å². The van der Waals surface area contributed by atoms with Crippen LogP contribution >= 0.6 is 11.6 Å². The van der Waals surface area contributed by atoms with Crippen molar-refractivity contribution in [3.63, 3.8) is 0 Å². The van der Waals surface area contributed by atoms with E-state index in [0.29, 0.717) is 17.3 Å². The van der Waals surface area contributed by atoms with Crippen LogP contribution in [0.1, 0.15) is 44.4 Å². The van der Waals surface area contributed by atoms with E-state index in [1.54, 1.807) is 10.4 Å². The van der Waals surface area contributed by atoms with Crippen LogP contribution in [-0.4, -0.2) is 25.3 Å². The molecular formula is C16H26ClNO2S. The van der Waals surface area contributed by atoms with E-state index in [1.165, 1.54) is 0 Å². The Morgan fingerprint density at radius 3 is 2.10 bits per heavy atom. The fourth-order valence-electron chi connectivity index (χ4n) is 2.37. The summed E-state index contributed by atoms with van der Waals surface area (Å²) >= 11 is 5.92. The van der Waals surface area contributed by atoms with E-state index in [4.69, 9.17) is 11.6 Å². The van der Waals surface area contributed by atoms with Gasteiger partial charge in [0, 0.05) is 18.5 Å². The Bertz CT molecular complexity index is 595. The van der Waals surface area contributed by atoms with Crippen LogP contribution in [0.4, 0.5) is 0 Å². The summed E-state index contributed by atoms with van der Waals surface area (Å²) in [5.74, 6) is 0.598. The first-order valence-electron chi connectivity index (χ1n) is 7.29. The molecule has 120 valence electrons. The van der Waals surface area contributed by atoms with E-state index in [0.717, 1.165) is 16.7 Å². The second-order valence-electron chi connectivity index (χ2n) is 6.24. The predicted molar refractivity (Wildman–Crippen MR) is 89.3 cm³/mol. The van der Waals surface area contributed by atoms with Gasteiger partial charge in [0.05, 0.1) is 4.90 Å². The second-order valence-corrected chi connectivity index (χ2v) is 8.37. The van der Waals surface area contributed by atoms with Crippen molar-refractivity contribution in [3.05, 3.63) is 28.8 Å². The van der Waals surface area contributed by atoms with E-state index in [-0.39, 0.29) is 12.0 Å². The summed E-state index contributed by atoms with van der Waals surface area (Å²) in [7, 11) is -3.50. The molecule has 0 unspecified atom stereocenters. The topological polar surface area (TPSA) is 37.4 Å². The average Bonchev–Trinajstić information content (AvgIpc) is 2.35. The Kier molecular flexibility index (Phi) is 6.26. The van der Waals surface area contributed by atoms with Crippen molar-refractivity contribution in [2.75, 3.05) is 6.54 Å². The van der Waals surface area contributed by atoms with Crippen molar-refractivity contribution in [1.82, 2.24) is 4.31 Å². The SMILES string of the molecule is Cc1cc(C)c(S(=O)(=O)N(CC(C)C)C(C)C)cc1CCl. The maximum atomic E-state index is 13.0. The molecule has 5 heteroatoms. The normalized spacial score (nSPS) is 12.7. The Hall–Kier alpha value is -0.580. The zero-order valence-electron chi connectivity index (χ0n) is 13.8. The molecule has 0 bridgehead atoms. The summed E-state index contributed by atoms with van der Waals surface area (Å²) < 4.78 is 27.6. The highest BCUT2D eigenvalue weighted by Gasteiger charge is 2.29. The third kappa shape index (κ3) is 4.21. The molecular weight excluding hydrogens is 306 g/mol. The van der Waals surface area contributed by atoms with Gasteiger partial charge in [-0.3, -0.25) is 0 Å². The summed E-state index contributed by atoms with van der Waals surface area (Å²) in [4.78, 5) is 0.373. The molecule has 0 spiro atoms. The summed E-state index contributed by atoms with van der Waals surface area (Å²) in [6.45, 7) is 12.2. The number of rotatable bonds is 6. The number of halogens is 1. The van der Waals surface area contributed by atoms with E-state index in [1.807, 2.05) is 47.6 Å². The lowest BCUT2D eigenvalue weighted by Gasteiger charge is -2.28. The summed E-state index contributed by atoms with van der Waals surface area (Å²) in [6, 6.07) is 3.55. The molecule has 0 aliphatic carbocycles. The quantitative estimate of drug-likeness (QED) is 0.736. The molecule has 0 aromatic heterocycles. The fourth-order valence-corrected chi connectivity index (χ4v) is 4.72. The Balaban J connectivity index is 3.41. The number of hydrogen-bond donors (Lipinski definition) is 0. The van der Waals surface area contributed by atoms with Gasteiger partial charge in [-0.15, -0.1) is 11.6 Å². The van der Waals surface area contributed by atoms with Gasteiger partial charge in [0.25, 0.3) is 0 Å². The fraction of sp³-hybridized carbons (Fsp3) is 0.625. The lowest BCUT2D eigenvalue weighted by atomic mass is 10.1. The first kappa shape index (κ1) is 18.5. The number of sulfonamides is 1. The molecule has 0 atom stereocenters. The molecule has 1 rings (SSSR count). The van der Waals surface area contributed by atoms with Gasteiger partial charge in [-0.1, -0.05) is 19.9 Å². The largest absolute Gasteiger partial charge is 0.243 e. The van der Waals surface area contributed by atoms with E-state index < -0.39 is 10.0 Å². The van der Waals surface area contributed by atoms with Crippen molar-refractivity contribution >= 4 is 21.6 Å². The Labute approximate surface area is 134 Å². The molecule has 0 N–H and O–H groups in total. The highest BCUT2D eigenvalue weighted by Crippen LogP contribution is 2.26. The first-order chi connectivity index (χ1) is 9.61.